The molecule has 0 aliphatic carbocycles. The van der Waals surface area contributed by atoms with Gasteiger partial charge in [-0.15, -0.1) is 0 Å². The first-order chi connectivity index (χ1) is 8.38. The number of benzene rings is 1. The maximum Gasteiger partial charge on any atom is 0.339 e. The monoisotopic (exact) mass is 254 g/mol. The molecular formula is C12H14O6. The van der Waals surface area contributed by atoms with Gasteiger partial charge in [0.1, 0.15) is 0 Å². The van der Waals surface area contributed by atoms with Crippen LogP contribution in [0.25, 0.3) is 0 Å². The molecule has 98 valence electrons. The minimum Gasteiger partial charge on any atom is -0.479 e. The molecule has 0 aliphatic heterocycles. The summed E-state index contributed by atoms with van der Waals surface area (Å²) in [7, 11) is 0. The summed E-state index contributed by atoms with van der Waals surface area (Å²) in [5.41, 5.74) is -1.95. The molecule has 0 aromatic heterocycles. The molecule has 0 fully saturated rings. The number of rotatable bonds is 6. The fraction of sp³-hybridized carbons (Fsp3) is 0.333. The number of aliphatic hydroxyl groups is 2. The van der Waals surface area contributed by atoms with E-state index in [1.54, 1.807) is 30.3 Å². The van der Waals surface area contributed by atoms with Crippen LogP contribution in [-0.2, 0) is 16.0 Å². The van der Waals surface area contributed by atoms with Crippen molar-refractivity contribution in [3.63, 3.8) is 0 Å². The molecule has 0 amide bonds. The predicted molar refractivity (Wildman–Crippen MR) is 61.0 cm³/mol. The molecule has 6 heteroatoms. The molecule has 0 heterocycles. The van der Waals surface area contributed by atoms with Crippen LogP contribution in [0.15, 0.2) is 30.3 Å². The first-order valence-corrected chi connectivity index (χ1v) is 5.28. The molecule has 2 unspecified atom stereocenters. The van der Waals surface area contributed by atoms with Gasteiger partial charge in [0.05, 0.1) is 0 Å². The van der Waals surface area contributed by atoms with Crippen molar-refractivity contribution in [3.8, 4) is 0 Å². The van der Waals surface area contributed by atoms with Gasteiger partial charge in [0.25, 0.3) is 0 Å². The van der Waals surface area contributed by atoms with Gasteiger partial charge in [-0.1, -0.05) is 30.3 Å². The Bertz CT molecular complexity index is 429. The normalized spacial score (nSPS) is 15.7. The van der Waals surface area contributed by atoms with Crippen molar-refractivity contribution in [1.82, 2.24) is 0 Å². The van der Waals surface area contributed by atoms with Crippen molar-refractivity contribution in [2.75, 3.05) is 0 Å². The lowest BCUT2D eigenvalue weighted by molar-refractivity contribution is -0.184. The van der Waals surface area contributed by atoms with Crippen molar-refractivity contribution in [3.05, 3.63) is 35.9 Å². The van der Waals surface area contributed by atoms with E-state index in [4.69, 9.17) is 10.2 Å². The molecule has 0 bridgehead atoms. The van der Waals surface area contributed by atoms with Crippen LogP contribution in [0.1, 0.15) is 12.0 Å². The van der Waals surface area contributed by atoms with Gasteiger partial charge in [0.2, 0.25) is 0 Å². The average molecular weight is 254 g/mol. The number of aliphatic carboxylic acids is 2. The molecule has 1 aromatic rings. The van der Waals surface area contributed by atoms with Gasteiger partial charge in [-0.2, -0.15) is 0 Å². The molecular weight excluding hydrogens is 240 g/mol. The highest BCUT2D eigenvalue weighted by molar-refractivity contribution is 5.87. The summed E-state index contributed by atoms with van der Waals surface area (Å²) >= 11 is 0. The molecule has 1 rings (SSSR count). The summed E-state index contributed by atoms with van der Waals surface area (Å²) in [6.07, 6.45) is -2.60. The number of carboxylic acids is 2. The van der Waals surface area contributed by atoms with Crippen molar-refractivity contribution in [2.45, 2.75) is 24.5 Å². The molecule has 18 heavy (non-hydrogen) atoms. The number of aryl methyl sites for hydroxylation is 1. The maximum absolute atomic E-state index is 10.9. The fourth-order valence-corrected chi connectivity index (χ4v) is 1.54. The van der Waals surface area contributed by atoms with E-state index in [0.29, 0.717) is 0 Å². The Hall–Kier alpha value is -1.92. The molecule has 4 N–H and O–H groups in total. The summed E-state index contributed by atoms with van der Waals surface area (Å²) in [4.78, 5) is 21.5. The first kappa shape index (κ1) is 14.1. The fourth-order valence-electron chi connectivity index (χ4n) is 1.54. The molecule has 6 nitrogen and oxygen atoms in total. The van der Waals surface area contributed by atoms with Crippen LogP contribution in [0.4, 0.5) is 0 Å². The summed E-state index contributed by atoms with van der Waals surface area (Å²) < 4.78 is 0. The second-order valence-corrected chi connectivity index (χ2v) is 3.96. The van der Waals surface area contributed by atoms with E-state index in [-0.39, 0.29) is 12.8 Å². The number of hydrogen-bond acceptors (Lipinski definition) is 4. The third-order valence-corrected chi connectivity index (χ3v) is 2.69. The Labute approximate surface area is 103 Å². The van der Waals surface area contributed by atoms with E-state index in [1.807, 2.05) is 0 Å². The van der Waals surface area contributed by atoms with Crippen molar-refractivity contribution in [1.29, 1.82) is 0 Å². The summed E-state index contributed by atoms with van der Waals surface area (Å²) in [5.74, 6) is -3.53. The summed E-state index contributed by atoms with van der Waals surface area (Å²) in [6.45, 7) is 0. The minimum atomic E-state index is -2.69. The first-order valence-electron chi connectivity index (χ1n) is 5.28. The van der Waals surface area contributed by atoms with E-state index < -0.39 is 23.6 Å². The largest absolute Gasteiger partial charge is 0.479 e. The van der Waals surface area contributed by atoms with Crippen LogP contribution in [0.2, 0.25) is 0 Å². The number of carbonyl (C=O) groups is 2. The van der Waals surface area contributed by atoms with Gasteiger partial charge in [0.15, 0.2) is 11.7 Å². The van der Waals surface area contributed by atoms with Gasteiger partial charge in [-0.25, -0.2) is 9.59 Å². The van der Waals surface area contributed by atoms with E-state index >= 15 is 0 Å². The third kappa shape index (κ3) is 3.06. The SMILES string of the molecule is O=C(O)C(O)C(O)(CCc1ccccc1)C(=O)O. The van der Waals surface area contributed by atoms with E-state index in [1.165, 1.54) is 0 Å². The molecule has 0 radical (unpaired) electrons. The van der Waals surface area contributed by atoms with E-state index in [0.717, 1.165) is 5.56 Å². The van der Waals surface area contributed by atoms with Crippen LogP contribution < -0.4 is 0 Å². The van der Waals surface area contributed by atoms with Gasteiger partial charge < -0.3 is 20.4 Å². The molecule has 0 aliphatic rings. The Morgan fingerprint density at radius 2 is 1.72 bits per heavy atom. The zero-order valence-electron chi connectivity index (χ0n) is 9.48. The van der Waals surface area contributed by atoms with Crippen LogP contribution in [0.5, 0.6) is 0 Å². The van der Waals surface area contributed by atoms with Crippen molar-refractivity contribution < 1.29 is 30.0 Å². The Kier molecular flexibility index (Phi) is 4.41. The number of aliphatic hydroxyl groups excluding tert-OH is 1. The molecule has 0 saturated carbocycles. The molecule has 0 saturated heterocycles. The minimum absolute atomic E-state index is 0.147. The highest BCUT2D eigenvalue weighted by Crippen LogP contribution is 2.20. The maximum atomic E-state index is 10.9. The highest BCUT2D eigenvalue weighted by atomic mass is 16.4. The summed E-state index contributed by atoms with van der Waals surface area (Å²) in [6, 6.07) is 8.69. The average Bonchev–Trinajstić information content (AvgIpc) is 2.35. The van der Waals surface area contributed by atoms with Crippen LogP contribution in [0, 0.1) is 0 Å². The van der Waals surface area contributed by atoms with Crippen LogP contribution in [0.3, 0.4) is 0 Å². The Morgan fingerprint density at radius 1 is 1.17 bits per heavy atom. The standard InChI is InChI=1S/C12H14O6/c13-9(10(14)15)12(18,11(16)17)7-6-8-4-2-1-3-5-8/h1-5,9,13,18H,6-7H2,(H,14,15)(H,16,17). The number of hydrogen-bond donors (Lipinski definition) is 4. The van der Waals surface area contributed by atoms with Gasteiger partial charge in [-0.05, 0) is 18.4 Å². The van der Waals surface area contributed by atoms with Crippen LogP contribution >= 0.6 is 0 Å². The predicted octanol–water partition coefficient (Wildman–Crippen LogP) is -0.120. The van der Waals surface area contributed by atoms with Gasteiger partial charge in [0, 0.05) is 0 Å². The zero-order valence-corrected chi connectivity index (χ0v) is 9.48. The molecule has 0 spiro atoms. The molecule has 2 atom stereocenters. The lowest BCUT2D eigenvalue weighted by Crippen LogP contribution is -2.53. The Balaban J connectivity index is 2.81. The van der Waals surface area contributed by atoms with E-state index in [2.05, 4.69) is 0 Å². The van der Waals surface area contributed by atoms with Crippen molar-refractivity contribution >= 4 is 11.9 Å². The lowest BCUT2D eigenvalue weighted by Gasteiger charge is -2.26. The number of carboxylic acid groups (broad SMARTS) is 2. The zero-order chi connectivity index (χ0) is 13.8. The topological polar surface area (TPSA) is 115 Å². The highest BCUT2D eigenvalue weighted by Gasteiger charge is 2.47. The lowest BCUT2D eigenvalue weighted by atomic mass is 9.89. The van der Waals surface area contributed by atoms with E-state index in [9.17, 15) is 19.8 Å². The third-order valence-electron chi connectivity index (χ3n) is 2.69. The van der Waals surface area contributed by atoms with Gasteiger partial charge >= 0.3 is 11.9 Å². The van der Waals surface area contributed by atoms with Crippen LogP contribution in [-0.4, -0.2) is 44.1 Å². The second kappa shape index (κ2) is 5.61. The quantitative estimate of drug-likeness (QED) is 0.562. The molecule has 1 aromatic carbocycles. The van der Waals surface area contributed by atoms with Gasteiger partial charge in [-0.3, -0.25) is 0 Å². The smallest absolute Gasteiger partial charge is 0.339 e. The van der Waals surface area contributed by atoms with Crippen molar-refractivity contribution in [2.24, 2.45) is 0 Å². The second-order valence-electron chi connectivity index (χ2n) is 3.96. The Morgan fingerprint density at radius 3 is 2.17 bits per heavy atom. The summed E-state index contributed by atoms with van der Waals surface area (Å²) in [5, 5.41) is 36.5.